The summed E-state index contributed by atoms with van der Waals surface area (Å²) in [5, 5.41) is 33.8. The van der Waals surface area contributed by atoms with Gasteiger partial charge >= 0.3 is 37.3 Å². The van der Waals surface area contributed by atoms with E-state index in [1.54, 1.807) is 0 Å². The van der Waals surface area contributed by atoms with Gasteiger partial charge in [0, 0.05) is 59.8 Å². The second-order valence-electron chi connectivity index (χ2n) is 17.3. The first kappa shape index (κ1) is 54.6. The molecule has 0 aromatic heterocycles. The zero-order valence-electron chi connectivity index (χ0n) is 33.1. The van der Waals surface area contributed by atoms with E-state index in [2.05, 4.69) is 85.3 Å². The number of hydrogen-bond donors (Lipinski definition) is 12. The minimum atomic E-state index is -4.19. The molecule has 0 spiro atoms. The van der Waals surface area contributed by atoms with Crippen molar-refractivity contribution in [2.45, 2.75) is 152 Å². The van der Waals surface area contributed by atoms with Crippen LogP contribution in [0.15, 0.2) is 0 Å². The molecule has 4 saturated carbocycles. The average molecular weight is 1080 g/mol. The fourth-order valence-electron chi connectivity index (χ4n) is 12.0. The molecule has 5 saturated heterocycles. The molecule has 8 unspecified atom stereocenters. The topological polar surface area (TPSA) is 314 Å². The molecule has 9 aliphatic rings. The van der Waals surface area contributed by atoms with Gasteiger partial charge in [0.2, 0.25) is 0 Å². The van der Waals surface area contributed by atoms with E-state index in [9.17, 15) is 0 Å². The predicted molar refractivity (Wildman–Crippen MR) is 227 cm³/mol. The minimum absolute atomic E-state index is 0. The standard InChI is InChI=1S/C32H56N8.4ClHO3S.Cu/c1-2-10-18-17(9-1)25-33-26(18)38-28-21-13-5-6-14-22(21)30(35-28)40-32-24-16-8-7-15-23(24)31(36-32)39-29-20-12-4-3-11-19(20)27(34-29)37-25;4*1-5(2,3)4;/h17-40H,1-16H2;4*(H,2,3,4);. The second-order valence-corrected chi connectivity index (χ2v) is 25.2. The zero-order valence-corrected chi connectivity index (χ0v) is 40.3. The van der Waals surface area contributed by atoms with Gasteiger partial charge in [-0.1, -0.05) is 51.4 Å². The van der Waals surface area contributed by atoms with Gasteiger partial charge in [0.05, 0.1) is 49.3 Å². The summed E-state index contributed by atoms with van der Waals surface area (Å²) >= 11 is 0. The maximum Gasteiger partial charge on any atom is 0.353 e. The summed E-state index contributed by atoms with van der Waals surface area (Å²) in [6.45, 7) is 0. The van der Waals surface area contributed by atoms with Crippen molar-refractivity contribution in [1.82, 2.24) is 42.5 Å². The second kappa shape index (κ2) is 23.3. The van der Waals surface area contributed by atoms with Crippen LogP contribution >= 0.6 is 42.7 Å². The van der Waals surface area contributed by atoms with Gasteiger partial charge in [-0.05, 0) is 98.7 Å². The largest absolute Gasteiger partial charge is 0.353 e. The summed E-state index contributed by atoms with van der Waals surface area (Å²) in [4.78, 5) is 0. The smallest absolute Gasteiger partial charge is 0.286 e. The normalized spacial score (nSPS) is 41.6. The molecule has 1 radical (unpaired) electrons. The van der Waals surface area contributed by atoms with E-state index in [-0.39, 0.29) is 17.1 Å². The van der Waals surface area contributed by atoms with Crippen LogP contribution in [0.4, 0.5) is 0 Å². The molecule has 363 valence electrons. The van der Waals surface area contributed by atoms with Crippen LogP contribution in [0.2, 0.25) is 0 Å². The van der Waals surface area contributed by atoms with Crippen molar-refractivity contribution in [3.05, 3.63) is 0 Å². The number of nitrogens with one attached hydrogen (secondary N) is 8. The molecule has 5 aliphatic heterocycles. The molecule has 0 amide bonds. The van der Waals surface area contributed by atoms with Crippen LogP contribution in [0.5, 0.6) is 0 Å². The average Bonchev–Trinajstić information content (AvgIpc) is 3.85. The van der Waals surface area contributed by atoms with Crippen molar-refractivity contribution < 1.29 is 69.0 Å². The number of rotatable bonds is 0. The number of hydrogen-bond acceptors (Lipinski definition) is 16. The fourth-order valence-corrected chi connectivity index (χ4v) is 12.0. The minimum Gasteiger partial charge on any atom is -0.286 e. The van der Waals surface area contributed by atoms with Crippen LogP contribution in [-0.4, -0.2) is 101 Å². The van der Waals surface area contributed by atoms with Crippen LogP contribution in [0, 0.1) is 47.3 Å². The molecule has 29 heteroatoms. The Hall–Kier alpha value is 0.999. The molecule has 61 heavy (non-hydrogen) atoms. The van der Waals surface area contributed by atoms with Gasteiger partial charge in [-0.2, -0.15) is 33.7 Å². The van der Waals surface area contributed by atoms with Gasteiger partial charge in [0.25, 0.3) is 0 Å². The van der Waals surface area contributed by atoms with E-state index in [0.29, 0.717) is 49.3 Å². The first-order valence-corrected chi connectivity index (χ1v) is 29.6. The van der Waals surface area contributed by atoms with Gasteiger partial charge < -0.3 is 0 Å². The zero-order chi connectivity index (χ0) is 44.2. The fraction of sp³-hybridized carbons (Fsp3) is 1.00. The van der Waals surface area contributed by atoms with Crippen molar-refractivity contribution in [1.29, 1.82) is 0 Å². The molecular formula is C32H60Cl4CuN8O12S4. The Kier molecular flexibility index (Phi) is 20.9. The van der Waals surface area contributed by atoms with E-state index < -0.39 is 37.3 Å². The molecule has 0 aromatic carbocycles. The third-order valence-electron chi connectivity index (χ3n) is 13.8. The summed E-state index contributed by atoms with van der Waals surface area (Å²) in [5.41, 5.74) is 0. The van der Waals surface area contributed by atoms with E-state index >= 15 is 0 Å². The van der Waals surface area contributed by atoms with Gasteiger partial charge in [0.15, 0.2) is 0 Å². The van der Waals surface area contributed by atoms with Crippen LogP contribution < -0.4 is 42.5 Å². The maximum atomic E-state index is 8.95. The molecule has 0 aromatic rings. The Labute approximate surface area is 388 Å². The summed E-state index contributed by atoms with van der Waals surface area (Å²) < 4.78 is 101. The molecular weight excluding hydrogens is 1020 g/mol. The van der Waals surface area contributed by atoms with E-state index in [4.69, 9.17) is 51.9 Å². The Morgan fingerprint density at radius 2 is 0.361 bits per heavy atom. The molecule has 9 fully saturated rings. The van der Waals surface area contributed by atoms with Crippen molar-refractivity contribution in [2.24, 2.45) is 47.3 Å². The molecule has 5 heterocycles. The van der Waals surface area contributed by atoms with Crippen LogP contribution in [0.1, 0.15) is 103 Å². The molecule has 8 atom stereocenters. The summed E-state index contributed by atoms with van der Waals surface area (Å²) in [7, 11) is -0.546. The van der Waals surface area contributed by atoms with Crippen LogP contribution in [0.25, 0.3) is 0 Å². The molecule has 12 N–H and O–H groups in total. The Balaban J connectivity index is 0.000000329. The first-order valence-electron chi connectivity index (χ1n) is 20.6. The van der Waals surface area contributed by atoms with Gasteiger partial charge in [-0.15, -0.1) is 0 Å². The third-order valence-corrected chi connectivity index (χ3v) is 13.8. The number of halogens is 4. The molecule has 20 nitrogen and oxygen atoms in total. The van der Waals surface area contributed by atoms with Crippen molar-refractivity contribution >= 4 is 80.1 Å². The Bertz CT molecular complexity index is 1510. The van der Waals surface area contributed by atoms with Crippen LogP contribution in [0.3, 0.4) is 0 Å². The molecule has 4 aliphatic carbocycles. The monoisotopic (exact) mass is 1080 g/mol. The molecule has 9 rings (SSSR count). The van der Waals surface area contributed by atoms with Crippen molar-refractivity contribution in [3.63, 3.8) is 0 Å². The van der Waals surface area contributed by atoms with E-state index in [0.717, 1.165) is 47.3 Å². The summed E-state index contributed by atoms with van der Waals surface area (Å²) in [6, 6.07) is 0. The van der Waals surface area contributed by atoms with Gasteiger partial charge in [0.1, 0.15) is 0 Å². The third kappa shape index (κ3) is 17.9. The van der Waals surface area contributed by atoms with Gasteiger partial charge in [-0.25, -0.2) is 0 Å². The van der Waals surface area contributed by atoms with Gasteiger partial charge in [-0.3, -0.25) is 60.7 Å². The Morgan fingerprint density at radius 3 is 0.443 bits per heavy atom. The maximum absolute atomic E-state index is 8.95. The van der Waals surface area contributed by atoms with E-state index in [1.165, 1.54) is 103 Å². The quantitative estimate of drug-likeness (QED) is 0.0943. The summed E-state index contributed by atoms with van der Waals surface area (Å²) in [5.74, 6) is 5.97. The molecule has 8 bridgehead atoms. The Morgan fingerprint density at radius 1 is 0.279 bits per heavy atom. The van der Waals surface area contributed by atoms with Crippen molar-refractivity contribution in [3.8, 4) is 0 Å². The predicted octanol–water partition coefficient (Wildman–Crippen LogP) is 2.72. The van der Waals surface area contributed by atoms with Crippen LogP contribution in [-0.2, 0) is 54.4 Å². The van der Waals surface area contributed by atoms with Crippen molar-refractivity contribution in [2.75, 3.05) is 0 Å². The SMILES string of the molecule is C1CCC2C3NC(NC4NC(NC5NC(NC6NC(N3)C3CCCCC63)C3CCCCC53)C3CCCCC43)C2C1.O=S(=O)(O)Cl.O=S(=O)(O)Cl.O=S(=O)(O)Cl.O=S(=O)(O)Cl.[Cu]. The van der Waals surface area contributed by atoms with E-state index in [1.807, 2.05) is 0 Å². The summed E-state index contributed by atoms with van der Waals surface area (Å²) in [6.07, 6.45) is 25.6. The number of fused-ring (bicyclic) bond motifs is 20. The first-order chi connectivity index (χ1) is 27.8.